The van der Waals surface area contributed by atoms with E-state index in [4.69, 9.17) is 0 Å². The van der Waals surface area contributed by atoms with Crippen molar-refractivity contribution >= 4 is 0 Å². The predicted octanol–water partition coefficient (Wildman–Crippen LogP) is 3.16. The van der Waals surface area contributed by atoms with Crippen molar-refractivity contribution in [1.29, 1.82) is 0 Å². The van der Waals surface area contributed by atoms with Gasteiger partial charge in [-0.05, 0) is 49.4 Å². The SMILES string of the molecule is C=C1CC(=C)C2C3CCC(C3)C12. The number of fused-ring (bicyclic) bond motifs is 5. The van der Waals surface area contributed by atoms with E-state index in [1.54, 1.807) is 0 Å². The Morgan fingerprint density at radius 1 is 0.917 bits per heavy atom. The van der Waals surface area contributed by atoms with Gasteiger partial charge in [0, 0.05) is 0 Å². The summed E-state index contributed by atoms with van der Waals surface area (Å²) in [5, 5.41) is 0. The molecule has 0 heteroatoms. The molecule has 4 atom stereocenters. The first-order chi connectivity index (χ1) is 5.77. The van der Waals surface area contributed by atoms with E-state index >= 15 is 0 Å². The molecule has 0 N–H and O–H groups in total. The highest BCUT2D eigenvalue weighted by Gasteiger charge is 2.52. The molecule has 3 fully saturated rings. The Morgan fingerprint density at radius 3 is 1.92 bits per heavy atom. The highest BCUT2D eigenvalue weighted by Crippen LogP contribution is 2.61. The normalized spacial score (nSPS) is 50.3. The lowest BCUT2D eigenvalue weighted by molar-refractivity contribution is 0.319. The van der Waals surface area contributed by atoms with Crippen molar-refractivity contribution < 1.29 is 0 Å². The van der Waals surface area contributed by atoms with Crippen LogP contribution in [-0.4, -0.2) is 0 Å². The van der Waals surface area contributed by atoms with Crippen LogP contribution in [0.15, 0.2) is 24.3 Å². The molecule has 3 aliphatic carbocycles. The summed E-state index contributed by atoms with van der Waals surface area (Å²) in [4.78, 5) is 0. The van der Waals surface area contributed by atoms with Crippen molar-refractivity contribution in [2.45, 2.75) is 25.7 Å². The zero-order valence-corrected chi connectivity index (χ0v) is 7.55. The smallest absolute Gasteiger partial charge is 0.0106 e. The zero-order valence-electron chi connectivity index (χ0n) is 7.55. The zero-order chi connectivity index (χ0) is 8.29. The second-order valence-corrected chi connectivity index (χ2v) is 4.88. The van der Waals surface area contributed by atoms with Gasteiger partial charge in [-0.15, -0.1) is 0 Å². The third-order valence-electron chi connectivity index (χ3n) is 4.31. The summed E-state index contributed by atoms with van der Waals surface area (Å²) < 4.78 is 0. The number of hydrogen-bond donors (Lipinski definition) is 0. The molecule has 0 spiro atoms. The average Bonchev–Trinajstić information content (AvgIpc) is 2.64. The summed E-state index contributed by atoms with van der Waals surface area (Å²) in [7, 11) is 0. The van der Waals surface area contributed by atoms with E-state index < -0.39 is 0 Å². The van der Waals surface area contributed by atoms with Gasteiger partial charge in [0.1, 0.15) is 0 Å². The lowest BCUT2D eigenvalue weighted by Crippen LogP contribution is -2.18. The molecule has 12 heavy (non-hydrogen) atoms. The van der Waals surface area contributed by atoms with Gasteiger partial charge in [0.2, 0.25) is 0 Å². The molecule has 0 aliphatic heterocycles. The van der Waals surface area contributed by atoms with Crippen LogP contribution in [0.1, 0.15) is 25.7 Å². The fourth-order valence-electron chi connectivity index (χ4n) is 3.99. The second-order valence-electron chi connectivity index (χ2n) is 4.88. The second kappa shape index (κ2) is 2.04. The third-order valence-corrected chi connectivity index (χ3v) is 4.31. The Bertz CT molecular complexity index is 235. The molecular weight excluding hydrogens is 144 g/mol. The van der Waals surface area contributed by atoms with Gasteiger partial charge in [-0.3, -0.25) is 0 Å². The van der Waals surface area contributed by atoms with E-state index in [0.29, 0.717) is 0 Å². The van der Waals surface area contributed by atoms with E-state index in [2.05, 4.69) is 13.2 Å². The number of allylic oxidation sites excluding steroid dienone is 2. The van der Waals surface area contributed by atoms with E-state index in [1.807, 2.05) is 0 Å². The molecule has 0 amide bonds. The maximum absolute atomic E-state index is 4.21. The Balaban J connectivity index is 2.03. The molecule has 0 aromatic carbocycles. The summed E-state index contributed by atoms with van der Waals surface area (Å²) in [5.74, 6) is 3.70. The van der Waals surface area contributed by atoms with Gasteiger partial charge in [-0.2, -0.15) is 0 Å². The van der Waals surface area contributed by atoms with Crippen molar-refractivity contribution in [3.63, 3.8) is 0 Å². The highest BCUT2D eigenvalue weighted by atomic mass is 14.6. The molecule has 0 nitrogen and oxygen atoms in total. The summed E-state index contributed by atoms with van der Waals surface area (Å²) in [5.41, 5.74) is 2.99. The van der Waals surface area contributed by atoms with Crippen LogP contribution < -0.4 is 0 Å². The minimum atomic E-state index is 0.858. The van der Waals surface area contributed by atoms with Gasteiger partial charge in [0.15, 0.2) is 0 Å². The molecule has 64 valence electrons. The lowest BCUT2D eigenvalue weighted by Gasteiger charge is -2.25. The summed E-state index contributed by atoms with van der Waals surface area (Å²) in [6.45, 7) is 8.41. The molecule has 4 unspecified atom stereocenters. The van der Waals surface area contributed by atoms with E-state index in [0.717, 1.165) is 30.1 Å². The number of hydrogen-bond acceptors (Lipinski definition) is 0. The van der Waals surface area contributed by atoms with Crippen LogP contribution in [0.5, 0.6) is 0 Å². The maximum Gasteiger partial charge on any atom is -0.0106 e. The van der Waals surface area contributed by atoms with Crippen LogP contribution in [0.4, 0.5) is 0 Å². The fourth-order valence-corrected chi connectivity index (χ4v) is 3.99. The van der Waals surface area contributed by atoms with Crippen molar-refractivity contribution in [3.05, 3.63) is 24.3 Å². The largest absolute Gasteiger partial charge is 0.0992 e. The predicted molar refractivity (Wildman–Crippen MR) is 50.7 cm³/mol. The van der Waals surface area contributed by atoms with Crippen LogP contribution in [0.3, 0.4) is 0 Å². The standard InChI is InChI=1S/C12H16/c1-7-5-8(2)12-10-4-3-9(6-10)11(7)12/h9-12H,1-6H2. The Labute approximate surface area is 74.4 Å². The Hall–Kier alpha value is -0.520. The summed E-state index contributed by atoms with van der Waals surface area (Å²) in [6, 6.07) is 0. The van der Waals surface area contributed by atoms with Gasteiger partial charge in [0.05, 0.1) is 0 Å². The molecule has 0 aromatic heterocycles. The molecule has 3 rings (SSSR count). The first kappa shape index (κ1) is 6.94. The van der Waals surface area contributed by atoms with Gasteiger partial charge in [-0.1, -0.05) is 24.3 Å². The van der Waals surface area contributed by atoms with Crippen LogP contribution in [0.2, 0.25) is 0 Å². The molecule has 3 aliphatic rings. The molecule has 2 bridgehead atoms. The van der Waals surface area contributed by atoms with Crippen molar-refractivity contribution in [3.8, 4) is 0 Å². The third kappa shape index (κ3) is 0.646. The fraction of sp³-hybridized carbons (Fsp3) is 0.667. The lowest BCUT2D eigenvalue weighted by atomic mass is 9.79. The Morgan fingerprint density at radius 2 is 1.42 bits per heavy atom. The minimum absolute atomic E-state index is 0.858. The number of rotatable bonds is 0. The van der Waals surface area contributed by atoms with Gasteiger partial charge in [0.25, 0.3) is 0 Å². The van der Waals surface area contributed by atoms with Crippen LogP contribution in [0, 0.1) is 23.7 Å². The van der Waals surface area contributed by atoms with Gasteiger partial charge in [-0.25, -0.2) is 0 Å². The highest BCUT2D eigenvalue weighted by molar-refractivity contribution is 5.31. The molecule has 3 saturated carbocycles. The van der Waals surface area contributed by atoms with Crippen LogP contribution in [0.25, 0.3) is 0 Å². The molecule has 0 saturated heterocycles. The summed E-state index contributed by atoms with van der Waals surface area (Å²) in [6.07, 6.45) is 5.56. The van der Waals surface area contributed by atoms with Crippen molar-refractivity contribution in [2.75, 3.05) is 0 Å². The maximum atomic E-state index is 4.21. The van der Waals surface area contributed by atoms with Crippen molar-refractivity contribution in [1.82, 2.24) is 0 Å². The van der Waals surface area contributed by atoms with Crippen LogP contribution >= 0.6 is 0 Å². The van der Waals surface area contributed by atoms with E-state index in [1.165, 1.54) is 30.4 Å². The summed E-state index contributed by atoms with van der Waals surface area (Å²) >= 11 is 0. The Kier molecular flexibility index (Phi) is 1.18. The average molecular weight is 160 g/mol. The minimum Gasteiger partial charge on any atom is -0.0992 e. The quantitative estimate of drug-likeness (QED) is 0.477. The molecule has 0 heterocycles. The first-order valence-corrected chi connectivity index (χ1v) is 5.12. The topological polar surface area (TPSA) is 0 Å². The monoisotopic (exact) mass is 160 g/mol. The molecule has 0 radical (unpaired) electrons. The van der Waals surface area contributed by atoms with Gasteiger partial charge >= 0.3 is 0 Å². The molecular formula is C12H16. The van der Waals surface area contributed by atoms with Gasteiger partial charge < -0.3 is 0 Å². The molecule has 0 aromatic rings. The first-order valence-electron chi connectivity index (χ1n) is 5.12. The van der Waals surface area contributed by atoms with Crippen molar-refractivity contribution in [2.24, 2.45) is 23.7 Å². The van der Waals surface area contributed by atoms with E-state index in [9.17, 15) is 0 Å². The van der Waals surface area contributed by atoms with E-state index in [-0.39, 0.29) is 0 Å². The van der Waals surface area contributed by atoms with Crippen LogP contribution in [-0.2, 0) is 0 Å².